The average molecular weight is 417 g/mol. The van der Waals surface area contributed by atoms with E-state index < -0.39 is 0 Å². The number of H-pyrrole nitrogens is 1. The zero-order valence-electron chi connectivity index (χ0n) is 16.2. The summed E-state index contributed by atoms with van der Waals surface area (Å²) >= 11 is 1.63. The van der Waals surface area contributed by atoms with Crippen molar-refractivity contribution in [1.82, 2.24) is 35.1 Å². The normalized spacial score (nSPS) is 14.0. The topological polar surface area (TPSA) is 95.8 Å². The number of benzene rings is 1. The van der Waals surface area contributed by atoms with Gasteiger partial charge < -0.3 is 10.6 Å². The highest BCUT2D eigenvalue weighted by Crippen LogP contribution is 2.28. The molecule has 4 heterocycles. The van der Waals surface area contributed by atoms with Crippen LogP contribution in [0, 0.1) is 5.92 Å². The van der Waals surface area contributed by atoms with Crippen LogP contribution >= 0.6 is 11.3 Å². The summed E-state index contributed by atoms with van der Waals surface area (Å²) in [5.74, 6) is 1.61. The number of anilines is 2. The smallest absolute Gasteiger partial charge is 0.154 e. The van der Waals surface area contributed by atoms with E-state index in [-0.39, 0.29) is 0 Å². The number of hydrogen-bond donors (Lipinski definition) is 3. The van der Waals surface area contributed by atoms with Gasteiger partial charge in [0.25, 0.3) is 0 Å². The number of imidazole rings is 1. The Morgan fingerprint density at radius 1 is 1.17 bits per heavy atom. The first kappa shape index (κ1) is 17.5. The Morgan fingerprint density at radius 2 is 2.13 bits per heavy atom. The van der Waals surface area contributed by atoms with Gasteiger partial charge in [0.15, 0.2) is 11.5 Å². The third-order valence-corrected chi connectivity index (χ3v) is 6.20. The SMILES string of the molecule is c1cc2[nH]ncc2cc1Nc1ccc2ncc(-c3nc(CNCC4CC4)cs3)n2n1. The van der Waals surface area contributed by atoms with Crippen LogP contribution in [0.3, 0.4) is 0 Å². The maximum atomic E-state index is 4.79. The highest BCUT2D eigenvalue weighted by Gasteiger charge is 2.20. The molecule has 0 radical (unpaired) electrons. The van der Waals surface area contributed by atoms with E-state index in [1.165, 1.54) is 12.8 Å². The van der Waals surface area contributed by atoms with Crippen LogP contribution in [-0.2, 0) is 6.54 Å². The Balaban J connectivity index is 1.25. The molecule has 1 fully saturated rings. The predicted octanol–water partition coefficient (Wildman–Crippen LogP) is 3.97. The summed E-state index contributed by atoms with van der Waals surface area (Å²) < 4.78 is 1.85. The molecule has 0 unspecified atom stereocenters. The van der Waals surface area contributed by atoms with Crippen molar-refractivity contribution in [1.29, 1.82) is 0 Å². The van der Waals surface area contributed by atoms with Gasteiger partial charge in [-0.15, -0.1) is 16.4 Å². The number of thiazole rings is 1. The van der Waals surface area contributed by atoms with Crippen molar-refractivity contribution in [2.24, 2.45) is 5.92 Å². The third-order valence-electron chi connectivity index (χ3n) is 5.28. The molecule has 9 heteroatoms. The second kappa shape index (κ2) is 7.19. The van der Waals surface area contributed by atoms with E-state index in [2.05, 4.69) is 31.2 Å². The molecule has 150 valence electrons. The van der Waals surface area contributed by atoms with Crippen molar-refractivity contribution in [3.8, 4) is 10.7 Å². The van der Waals surface area contributed by atoms with Gasteiger partial charge in [-0.25, -0.2) is 14.5 Å². The maximum Gasteiger partial charge on any atom is 0.154 e. The molecule has 1 saturated carbocycles. The molecule has 1 aromatic carbocycles. The van der Waals surface area contributed by atoms with Crippen molar-refractivity contribution in [3.63, 3.8) is 0 Å². The maximum absolute atomic E-state index is 4.79. The molecule has 1 aliphatic carbocycles. The number of rotatable bonds is 7. The number of nitrogens with zero attached hydrogens (tertiary/aromatic N) is 5. The van der Waals surface area contributed by atoms with Crippen LogP contribution in [0.5, 0.6) is 0 Å². The van der Waals surface area contributed by atoms with Gasteiger partial charge in [0.1, 0.15) is 10.7 Å². The van der Waals surface area contributed by atoms with Gasteiger partial charge in [-0.1, -0.05) is 0 Å². The van der Waals surface area contributed by atoms with Gasteiger partial charge in [0.2, 0.25) is 0 Å². The van der Waals surface area contributed by atoms with Gasteiger partial charge in [-0.05, 0) is 55.6 Å². The van der Waals surface area contributed by atoms with Crippen molar-refractivity contribution < 1.29 is 0 Å². The summed E-state index contributed by atoms with van der Waals surface area (Å²) in [6, 6.07) is 9.94. The summed E-state index contributed by atoms with van der Waals surface area (Å²) in [6.07, 6.45) is 6.36. The fourth-order valence-electron chi connectivity index (χ4n) is 3.49. The zero-order chi connectivity index (χ0) is 19.9. The number of fused-ring (bicyclic) bond motifs is 2. The first-order valence-electron chi connectivity index (χ1n) is 10.0. The largest absolute Gasteiger partial charge is 0.339 e. The minimum atomic E-state index is 0.743. The lowest BCUT2D eigenvalue weighted by Crippen LogP contribution is -2.16. The molecular formula is C21H20N8S. The minimum absolute atomic E-state index is 0.743. The van der Waals surface area contributed by atoms with E-state index in [1.54, 1.807) is 11.3 Å². The standard InChI is InChI=1S/C21H20N8S/c1-2-13(1)8-22-10-16-12-30-21(26-16)18-11-23-20-6-5-19(28-29(18)20)25-15-3-4-17-14(7-15)9-24-27-17/h3-7,9,11-13,22H,1-2,8,10H2,(H,24,27)(H,25,28). The van der Waals surface area contributed by atoms with Crippen LogP contribution in [-0.4, -0.2) is 36.3 Å². The second-order valence-electron chi connectivity index (χ2n) is 7.65. The van der Waals surface area contributed by atoms with Gasteiger partial charge in [-0.3, -0.25) is 5.10 Å². The first-order chi connectivity index (χ1) is 14.8. The highest BCUT2D eigenvalue weighted by atomic mass is 32.1. The first-order valence-corrected chi connectivity index (χ1v) is 10.9. The van der Waals surface area contributed by atoms with Gasteiger partial charge >= 0.3 is 0 Å². The summed E-state index contributed by atoms with van der Waals surface area (Å²) in [4.78, 5) is 9.28. The number of nitrogens with one attached hydrogen (secondary N) is 3. The fraction of sp³-hybridized carbons (Fsp3) is 0.238. The van der Waals surface area contributed by atoms with Gasteiger partial charge in [-0.2, -0.15) is 5.10 Å². The van der Waals surface area contributed by atoms with Gasteiger partial charge in [0, 0.05) is 23.0 Å². The van der Waals surface area contributed by atoms with E-state index in [0.717, 1.165) is 63.5 Å². The molecule has 8 nitrogen and oxygen atoms in total. The predicted molar refractivity (Wildman–Crippen MR) is 118 cm³/mol. The Morgan fingerprint density at radius 3 is 3.07 bits per heavy atom. The summed E-state index contributed by atoms with van der Waals surface area (Å²) in [5, 5.41) is 22.7. The highest BCUT2D eigenvalue weighted by molar-refractivity contribution is 7.13. The van der Waals surface area contributed by atoms with Crippen LogP contribution in [0.15, 0.2) is 48.1 Å². The second-order valence-corrected chi connectivity index (χ2v) is 8.51. The van der Waals surface area contributed by atoms with E-state index in [9.17, 15) is 0 Å². The molecular weight excluding hydrogens is 396 g/mol. The average Bonchev–Trinajstić information content (AvgIpc) is 3.14. The third kappa shape index (κ3) is 3.42. The van der Waals surface area contributed by atoms with Crippen molar-refractivity contribution in [3.05, 3.63) is 53.8 Å². The van der Waals surface area contributed by atoms with E-state index >= 15 is 0 Å². The van der Waals surface area contributed by atoms with Crippen molar-refractivity contribution in [2.45, 2.75) is 19.4 Å². The molecule has 30 heavy (non-hydrogen) atoms. The van der Waals surface area contributed by atoms with Crippen molar-refractivity contribution >= 4 is 39.4 Å². The van der Waals surface area contributed by atoms with Crippen LogP contribution < -0.4 is 10.6 Å². The lowest BCUT2D eigenvalue weighted by Gasteiger charge is -2.06. The molecule has 5 aromatic rings. The molecule has 6 rings (SSSR count). The molecule has 3 N–H and O–H groups in total. The van der Waals surface area contributed by atoms with E-state index in [4.69, 9.17) is 10.1 Å². The molecule has 0 spiro atoms. The summed E-state index contributed by atoms with van der Waals surface area (Å²) in [5.41, 5.74) is 4.72. The molecule has 0 amide bonds. The number of hydrogen-bond acceptors (Lipinski definition) is 7. The van der Waals surface area contributed by atoms with Crippen LogP contribution in [0.1, 0.15) is 18.5 Å². The summed E-state index contributed by atoms with van der Waals surface area (Å²) in [6.45, 7) is 1.89. The molecule has 0 bridgehead atoms. The molecule has 0 saturated heterocycles. The fourth-order valence-corrected chi connectivity index (χ4v) is 4.30. The summed E-state index contributed by atoms with van der Waals surface area (Å²) in [7, 11) is 0. The lowest BCUT2D eigenvalue weighted by atomic mass is 10.2. The van der Waals surface area contributed by atoms with Crippen LogP contribution in [0.4, 0.5) is 11.5 Å². The Kier molecular flexibility index (Phi) is 4.21. The molecule has 4 aromatic heterocycles. The molecule has 0 atom stereocenters. The zero-order valence-corrected chi connectivity index (χ0v) is 17.0. The Hall–Kier alpha value is -3.30. The van der Waals surface area contributed by atoms with Crippen LogP contribution in [0.2, 0.25) is 0 Å². The van der Waals surface area contributed by atoms with Crippen LogP contribution in [0.25, 0.3) is 27.3 Å². The Bertz CT molecular complexity index is 1330. The monoisotopic (exact) mass is 416 g/mol. The lowest BCUT2D eigenvalue weighted by molar-refractivity contribution is 0.632. The van der Waals surface area contributed by atoms with E-state index in [1.807, 2.05) is 47.2 Å². The number of aromatic nitrogens is 6. The minimum Gasteiger partial charge on any atom is -0.339 e. The Labute approximate surface area is 176 Å². The van der Waals surface area contributed by atoms with Gasteiger partial charge in [0.05, 0.1) is 23.6 Å². The van der Waals surface area contributed by atoms with E-state index in [0.29, 0.717) is 0 Å². The number of aromatic amines is 1. The molecule has 0 aliphatic heterocycles. The molecule has 1 aliphatic rings. The quantitative estimate of drug-likeness (QED) is 0.372. The van der Waals surface area contributed by atoms with Crippen molar-refractivity contribution in [2.75, 3.05) is 11.9 Å².